The minimum atomic E-state index is -3.97. The average molecular weight is 422 g/mol. The van der Waals surface area contributed by atoms with Gasteiger partial charge in [0.2, 0.25) is 11.8 Å². The number of methoxy groups -OCH3 is 1. The number of rotatable bonds is 8. The summed E-state index contributed by atoms with van der Waals surface area (Å²) in [5.41, 5.74) is -0.757. The van der Waals surface area contributed by atoms with Gasteiger partial charge in [-0.2, -0.15) is 0 Å². The summed E-state index contributed by atoms with van der Waals surface area (Å²) in [6, 6.07) is 0. The molecule has 12 heteroatoms. The lowest BCUT2D eigenvalue weighted by molar-refractivity contribution is -0.144. The standard InChI is InChI=1S/C16H27N2O9P/c1-16(2)11-26-28(22,25-9-7-18-6-8-24-10-12(18)19)27-14(16)15(21)17-5-4-13(20)23-3/h14H,4-11H2,1-3H3,(H,17,21)/t14-,28?/m0/s1. The second-order valence-electron chi connectivity index (χ2n) is 7.08. The first-order valence-corrected chi connectivity index (χ1v) is 10.4. The van der Waals surface area contributed by atoms with Crippen molar-refractivity contribution < 1.29 is 42.0 Å². The third-order valence-electron chi connectivity index (χ3n) is 4.33. The zero-order chi connectivity index (χ0) is 20.8. The van der Waals surface area contributed by atoms with E-state index in [1.54, 1.807) is 13.8 Å². The van der Waals surface area contributed by atoms with Crippen molar-refractivity contribution in [3.8, 4) is 0 Å². The molecule has 0 spiro atoms. The molecule has 2 rings (SSSR count). The third-order valence-corrected chi connectivity index (χ3v) is 5.74. The Morgan fingerprint density at radius 2 is 2.14 bits per heavy atom. The number of carbonyl (C=O) groups is 3. The van der Waals surface area contributed by atoms with Gasteiger partial charge < -0.3 is 19.7 Å². The van der Waals surface area contributed by atoms with Gasteiger partial charge in [0.05, 0.1) is 33.4 Å². The number of esters is 1. The number of carbonyl (C=O) groups excluding carboxylic acids is 3. The summed E-state index contributed by atoms with van der Waals surface area (Å²) in [4.78, 5) is 36.8. The number of amides is 2. The molecule has 0 aromatic rings. The van der Waals surface area contributed by atoms with E-state index in [0.29, 0.717) is 13.2 Å². The van der Waals surface area contributed by atoms with Crippen LogP contribution >= 0.6 is 7.82 Å². The Hall–Kier alpha value is -1.52. The van der Waals surface area contributed by atoms with E-state index in [2.05, 4.69) is 10.1 Å². The highest BCUT2D eigenvalue weighted by molar-refractivity contribution is 7.48. The number of nitrogens with zero attached hydrogens (tertiary/aromatic N) is 1. The van der Waals surface area contributed by atoms with Crippen LogP contribution in [0.5, 0.6) is 0 Å². The second-order valence-corrected chi connectivity index (χ2v) is 8.70. The smallest absolute Gasteiger partial charge is 0.469 e. The maximum atomic E-state index is 12.7. The Balaban J connectivity index is 1.87. The Labute approximate surface area is 163 Å². The van der Waals surface area contributed by atoms with Crippen molar-refractivity contribution in [2.24, 2.45) is 5.41 Å². The van der Waals surface area contributed by atoms with Crippen LogP contribution in [0.25, 0.3) is 0 Å². The van der Waals surface area contributed by atoms with Crippen molar-refractivity contribution in [2.75, 3.05) is 53.2 Å². The van der Waals surface area contributed by atoms with E-state index in [4.69, 9.17) is 18.3 Å². The Kier molecular flexibility index (Phi) is 7.97. The van der Waals surface area contributed by atoms with E-state index in [1.165, 1.54) is 12.0 Å². The van der Waals surface area contributed by atoms with Crippen molar-refractivity contribution in [1.29, 1.82) is 0 Å². The Bertz CT molecular complexity index is 640. The molecule has 2 fully saturated rings. The highest BCUT2D eigenvalue weighted by Gasteiger charge is 2.49. The predicted octanol–water partition coefficient (Wildman–Crippen LogP) is 0.0908. The SMILES string of the molecule is COC(=O)CCNC(=O)[C@@H]1OP(=O)(OCCN2CCOCC2=O)OCC1(C)C. The number of ether oxygens (including phenoxy) is 2. The largest absolute Gasteiger partial charge is 0.475 e. The summed E-state index contributed by atoms with van der Waals surface area (Å²) < 4.78 is 38.2. The van der Waals surface area contributed by atoms with Gasteiger partial charge in [-0.3, -0.25) is 28.0 Å². The number of phosphoric acid groups is 1. The molecule has 2 amide bonds. The van der Waals surface area contributed by atoms with Gasteiger partial charge in [-0.1, -0.05) is 13.8 Å². The van der Waals surface area contributed by atoms with E-state index < -0.39 is 31.2 Å². The van der Waals surface area contributed by atoms with Gasteiger partial charge in [0, 0.05) is 25.0 Å². The molecule has 160 valence electrons. The molecule has 1 N–H and O–H groups in total. The van der Waals surface area contributed by atoms with Crippen LogP contribution in [0, 0.1) is 5.41 Å². The van der Waals surface area contributed by atoms with Gasteiger partial charge in [-0.05, 0) is 0 Å². The van der Waals surface area contributed by atoms with Crippen LogP contribution in [0.2, 0.25) is 0 Å². The minimum absolute atomic E-state index is 0.00662. The monoisotopic (exact) mass is 422 g/mol. The molecule has 28 heavy (non-hydrogen) atoms. The van der Waals surface area contributed by atoms with E-state index in [0.717, 1.165) is 0 Å². The quantitative estimate of drug-likeness (QED) is 0.427. The summed E-state index contributed by atoms with van der Waals surface area (Å²) in [5, 5.41) is 2.56. The van der Waals surface area contributed by atoms with Crippen LogP contribution in [-0.4, -0.2) is 82.0 Å². The number of phosphoric ester groups is 1. The molecule has 2 aliphatic rings. The van der Waals surface area contributed by atoms with E-state index in [-0.39, 0.29) is 45.2 Å². The predicted molar refractivity (Wildman–Crippen MR) is 95.2 cm³/mol. The van der Waals surface area contributed by atoms with Gasteiger partial charge in [-0.25, -0.2) is 4.57 Å². The number of morpholine rings is 1. The molecule has 0 bridgehead atoms. The van der Waals surface area contributed by atoms with Gasteiger partial charge in [0.15, 0.2) is 6.10 Å². The van der Waals surface area contributed by atoms with E-state index in [1.807, 2.05) is 0 Å². The normalized spacial score (nSPS) is 27.3. The molecular weight excluding hydrogens is 395 g/mol. The molecule has 2 atom stereocenters. The highest BCUT2D eigenvalue weighted by atomic mass is 31.2. The summed E-state index contributed by atoms with van der Waals surface area (Å²) in [6.07, 6.45) is -1.08. The van der Waals surface area contributed by atoms with Crippen molar-refractivity contribution in [2.45, 2.75) is 26.4 Å². The first-order valence-electron chi connectivity index (χ1n) is 8.94. The number of nitrogens with one attached hydrogen (secondary N) is 1. The fraction of sp³-hybridized carbons (Fsp3) is 0.812. The van der Waals surface area contributed by atoms with Crippen LogP contribution in [-0.2, 0) is 42.0 Å². The molecule has 2 heterocycles. The van der Waals surface area contributed by atoms with Gasteiger partial charge in [-0.15, -0.1) is 0 Å². The van der Waals surface area contributed by atoms with Crippen LogP contribution in [0.1, 0.15) is 20.3 Å². The van der Waals surface area contributed by atoms with Gasteiger partial charge in [0.25, 0.3) is 0 Å². The van der Waals surface area contributed by atoms with Crippen LogP contribution < -0.4 is 5.32 Å². The molecule has 2 aliphatic heterocycles. The molecule has 0 aromatic heterocycles. The summed E-state index contributed by atoms with van der Waals surface area (Å²) in [5.74, 6) is -1.16. The Morgan fingerprint density at radius 3 is 2.82 bits per heavy atom. The molecule has 0 aromatic carbocycles. The number of hydrogen-bond donors (Lipinski definition) is 1. The van der Waals surface area contributed by atoms with Crippen molar-refractivity contribution >= 4 is 25.6 Å². The van der Waals surface area contributed by atoms with E-state index in [9.17, 15) is 18.9 Å². The zero-order valence-electron chi connectivity index (χ0n) is 16.3. The lowest BCUT2D eigenvalue weighted by Crippen LogP contribution is -2.50. The molecule has 0 saturated carbocycles. The van der Waals surface area contributed by atoms with Gasteiger partial charge >= 0.3 is 13.8 Å². The molecule has 11 nitrogen and oxygen atoms in total. The fourth-order valence-electron chi connectivity index (χ4n) is 2.63. The van der Waals surface area contributed by atoms with Crippen molar-refractivity contribution in [3.05, 3.63) is 0 Å². The van der Waals surface area contributed by atoms with Crippen LogP contribution in [0.3, 0.4) is 0 Å². The van der Waals surface area contributed by atoms with E-state index >= 15 is 0 Å². The van der Waals surface area contributed by atoms with Crippen LogP contribution in [0.15, 0.2) is 0 Å². The molecular formula is C16H27N2O9P. The number of hydrogen-bond acceptors (Lipinski definition) is 9. The maximum absolute atomic E-state index is 12.7. The van der Waals surface area contributed by atoms with Crippen molar-refractivity contribution in [1.82, 2.24) is 10.2 Å². The summed E-state index contributed by atoms with van der Waals surface area (Å²) >= 11 is 0. The first kappa shape index (κ1) is 22.8. The summed E-state index contributed by atoms with van der Waals surface area (Å²) in [6.45, 7) is 4.50. The maximum Gasteiger partial charge on any atom is 0.475 e. The first-order chi connectivity index (χ1) is 13.2. The topological polar surface area (TPSA) is 130 Å². The molecule has 0 aliphatic carbocycles. The van der Waals surface area contributed by atoms with Crippen LogP contribution in [0.4, 0.5) is 0 Å². The fourth-order valence-corrected chi connectivity index (χ4v) is 4.26. The third kappa shape index (κ3) is 6.25. The molecule has 0 radical (unpaired) electrons. The minimum Gasteiger partial charge on any atom is -0.469 e. The van der Waals surface area contributed by atoms with Gasteiger partial charge in [0.1, 0.15) is 6.61 Å². The zero-order valence-corrected chi connectivity index (χ0v) is 17.2. The average Bonchev–Trinajstić information content (AvgIpc) is 2.65. The van der Waals surface area contributed by atoms with Crippen molar-refractivity contribution in [3.63, 3.8) is 0 Å². The molecule has 1 unspecified atom stereocenters. The highest BCUT2D eigenvalue weighted by Crippen LogP contribution is 2.57. The lowest BCUT2D eigenvalue weighted by Gasteiger charge is -2.39. The molecule has 2 saturated heterocycles. The summed E-state index contributed by atoms with van der Waals surface area (Å²) in [7, 11) is -2.71. The second kappa shape index (κ2) is 9.80. The lowest BCUT2D eigenvalue weighted by atomic mass is 9.87. The Morgan fingerprint density at radius 1 is 1.39 bits per heavy atom.